The summed E-state index contributed by atoms with van der Waals surface area (Å²) in [6, 6.07) is 5.98. The maximum absolute atomic E-state index is 12.4. The monoisotopic (exact) mass is 356 g/mol. The van der Waals surface area contributed by atoms with E-state index in [1.807, 2.05) is 39.0 Å². The molecule has 1 aliphatic carbocycles. The third-order valence-corrected chi connectivity index (χ3v) is 5.12. The number of ether oxygens (including phenoxy) is 1. The first-order chi connectivity index (χ1) is 12.3. The number of carbonyl (C=O) groups is 2. The number of H-pyrrole nitrogens is 1. The number of fused-ring (bicyclic) bond motifs is 2. The Morgan fingerprint density at radius 1 is 1.31 bits per heavy atom. The van der Waals surface area contributed by atoms with Gasteiger partial charge in [-0.25, -0.2) is 4.79 Å². The van der Waals surface area contributed by atoms with Gasteiger partial charge in [-0.15, -0.1) is 0 Å². The highest BCUT2D eigenvalue weighted by atomic mass is 16.6. The first kappa shape index (κ1) is 16.9. The van der Waals surface area contributed by atoms with Gasteiger partial charge in [0.1, 0.15) is 5.60 Å². The van der Waals surface area contributed by atoms with E-state index >= 15 is 0 Å². The van der Waals surface area contributed by atoms with E-state index in [0.717, 1.165) is 16.5 Å². The molecule has 0 spiro atoms. The molecule has 2 aromatic rings. The quantitative estimate of drug-likeness (QED) is 0.883. The van der Waals surface area contributed by atoms with Gasteiger partial charge in [0.05, 0.1) is 11.7 Å². The minimum absolute atomic E-state index is 0.0198. The van der Waals surface area contributed by atoms with Crippen molar-refractivity contribution in [2.75, 3.05) is 13.1 Å². The van der Waals surface area contributed by atoms with Crippen molar-refractivity contribution in [2.24, 2.45) is 17.8 Å². The molecule has 7 heteroatoms. The second-order valence-corrected chi connectivity index (χ2v) is 8.25. The van der Waals surface area contributed by atoms with Crippen LogP contribution in [0.1, 0.15) is 26.3 Å². The molecule has 2 heterocycles. The van der Waals surface area contributed by atoms with Crippen molar-refractivity contribution in [1.29, 1.82) is 0 Å². The van der Waals surface area contributed by atoms with Crippen molar-refractivity contribution in [3.05, 3.63) is 30.0 Å². The van der Waals surface area contributed by atoms with Crippen LogP contribution in [0.5, 0.6) is 0 Å². The standard InChI is InChI=1S/C19H24N4O3/c1-19(2,3)26-18(25)23-9-13-14(10-23)16(13)17(24)20-7-11-4-5-15-12(6-11)8-21-22-15/h4-6,8,13-14,16H,7,9-10H2,1-3H3,(H,20,24)(H,21,22)/t13-,14?,16?/m0/s1. The van der Waals surface area contributed by atoms with Crippen molar-refractivity contribution >= 4 is 22.9 Å². The summed E-state index contributed by atoms with van der Waals surface area (Å²) in [6.07, 6.45) is 1.49. The Hall–Kier alpha value is -2.57. The number of nitrogens with one attached hydrogen (secondary N) is 2. The van der Waals surface area contributed by atoms with Gasteiger partial charge in [0, 0.05) is 30.9 Å². The third kappa shape index (κ3) is 3.25. The summed E-state index contributed by atoms with van der Waals surface area (Å²) >= 11 is 0. The van der Waals surface area contributed by atoms with E-state index in [-0.39, 0.29) is 29.8 Å². The maximum Gasteiger partial charge on any atom is 0.410 e. The lowest BCUT2D eigenvalue weighted by molar-refractivity contribution is -0.123. The summed E-state index contributed by atoms with van der Waals surface area (Å²) in [5.74, 6) is 0.625. The van der Waals surface area contributed by atoms with Crippen LogP contribution in [0.2, 0.25) is 0 Å². The van der Waals surface area contributed by atoms with Crippen LogP contribution in [0.3, 0.4) is 0 Å². The maximum atomic E-state index is 12.4. The van der Waals surface area contributed by atoms with Crippen molar-refractivity contribution < 1.29 is 14.3 Å². The molecule has 2 aliphatic rings. The molecule has 138 valence electrons. The number of piperidine rings is 1. The fourth-order valence-electron chi connectivity index (χ4n) is 3.80. The number of hydrogen-bond acceptors (Lipinski definition) is 4. The number of likely N-dealkylation sites (tertiary alicyclic amines) is 1. The van der Waals surface area contributed by atoms with Crippen LogP contribution >= 0.6 is 0 Å². The number of benzene rings is 1. The Kier molecular flexibility index (Phi) is 3.89. The molecule has 0 bridgehead atoms. The normalized spacial score (nSPS) is 24.4. The highest BCUT2D eigenvalue weighted by Crippen LogP contribution is 2.52. The minimum atomic E-state index is -0.489. The molecule has 1 saturated heterocycles. The number of aromatic nitrogens is 2. The Labute approximate surface area is 152 Å². The lowest BCUT2D eigenvalue weighted by atomic mass is 10.1. The van der Waals surface area contributed by atoms with Gasteiger partial charge in [0.25, 0.3) is 0 Å². The summed E-state index contributed by atoms with van der Waals surface area (Å²) < 4.78 is 5.40. The van der Waals surface area contributed by atoms with Crippen LogP contribution < -0.4 is 5.32 Å². The molecule has 1 aromatic carbocycles. The molecule has 3 atom stereocenters. The van der Waals surface area contributed by atoms with Crippen LogP contribution in [-0.4, -0.2) is 45.8 Å². The molecule has 26 heavy (non-hydrogen) atoms. The Bertz CT molecular complexity index is 842. The number of hydrogen-bond donors (Lipinski definition) is 2. The molecule has 1 saturated carbocycles. The lowest BCUT2D eigenvalue weighted by Crippen LogP contribution is -2.38. The summed E-state index contributed by atoms with van der Waals surface area (Å²) in [4.78, 5) is 26.3. The number of nitrogens with zero attached hydrogens (tertiary/aromatic N) is 2. The second-order valence-electron chi connectivity index (χ2n) is 8.25. The van der Waals surface area contributed by atoms with Gasteiger partial charge < -0.3 is 15.0 Å². The molecule has 7 nitrogen and oxygen atoms in total. The fraction of sp³-hybridized carbons (Fsp3) is 0.526. The molecule has 4 rings (SSSR count). The van der Waals surface area contributed by atoms with E-state index in [1.54, 1.807) is 11.1 Å². The van der Waals surface area contributed by atoms with Gasteiger partial charge in [-0.2, -0.15) is 5.10 Å². The van der Waals surface area contributed by atoms with Gasteiger partial charge in [-0.3, -0.25) is 9.89 Å². The molecular formula is C19H24N4O3. The molecule has 2 N–H and O–H groups in total. The highest BCUT2D eigenvalue weighted by Gasteiger charge is 2.60. The predicted octanol–water partition coefficient (Wildman–Crippen LogP) is 2.29. The highest BCUT2D eigenvalue weighted by molar-refractivity contribution is 5.83. The third-order valence-electron chi connectivity index (χ3n) is 5.12. The van der Waals surface area contributed by atoms with Crippen molar-refractivity contribution in [2.45, 2.75) is 32.9 Å². The number of carbonyl (C=O) groups excluding carboxylic acids is 2. The summed E-state index contributed by atoms with van der Waals surface area (Å²) in [7, 11) is 0. The van der Waals surface area contributed by atoms with Crippen molar-refractivity contribution in [1.82, 2.24) is 20.4 Å². The van der Waals surface area contributed by atoms with Crippen LogP contribution in [0.4, 0.5) is 4.79 Å². The Balaban J connectivity index is 1.27. The van der Waals surface area contributed by atoms with E-state index < -0.39 is 5.60 Å². The molecule has 2 unspecified atom stereocenters. The molecular weight excluding hydrogens is 332 g/mol. The van der Waals surface area contributed by atoms with E-state index in [0.29, 0.717) is 19.6 Å². The summed E-state index contributed by atoms with van der Waals surface area (Å²) in [5, 5.41) is 11.0. The molecule has 2 amide bonds. The first-order valence-corrected chi connectivity index (χ1v) is 8.99. The summed E-state index contributed by atoms with van der Waals surface area (Å²) in [6.45, 7) is 7.31. The SMILES string of the molecule is CC(C)(C)OC(=O)N1CC2C(C(=O)NCc3ccc4[nH]ncc4c3)[C@H]2C1. The topological polar surface area (TPSA) is 87.3 Å². The summed E-state index contributed by atoms with van der Waals surface area (Å²) in [5.41, 5.74) is 1.55. The Morgan fingerprint density at radius 3 is 2.73 bits per heavy atom. The van der Waals surface area contributed by atoms with Gasteiger partial charge in [0.2, 0.25) is 5.91 Å². The van der Waals surface area contributed by atoms with E-state index in [4.69, 9.17) is 4.74 Å². The van der Waals surface area contributed by atoms with Crippen LogP contribution in [-0.2, 0) is 16.1 Å². The average molecular weight is 356 g/mol. The zero-order chi connectivity index (χ0) is 18.5. The largest absolute Gasteiger partial charge is 0.444 e. The van der Waals surface area contributed by atoms with Gasteiger partial charge in [0.15, 0.2) is 0 Å². The molecule has 0 radical (unpaired) electrons. The minimum Gasteiger partial charge on any atom is -0.444 e. The van der Waals surface area contributed by atoms with Gasteiger partial charge in [-0.05, 0) is 50.3 Å². The van der Waals surface area contributed by atoms with Crippen molar-refractivity contribution in [3.8, 4) is 0 Å². The molecule has 1 aromatic heterocycles. The first-order valence-electron chi connectivity index (χ1n) is 8.99. The molecule has 2 fully saturated rings. The van der Waals surface area contributed by atoms with E-state index in [9.17, 15) is 9.59 Å². The smallest absolute Gasteiger partial charge is 0.410 e. The number of aromatic amines is 1. The Morgan fingerprint density at radius 2 is 2.04 bits per heavy atom. The van der Waals surface area contributed by atoms with Gasteiger partial charge in [-0.1, -0.05) is 6.07 Å². The van der Waals surface area contributed by atoms with Gasteiger partial charge >= 0.3 is 6.09 Å². The van der Waals surface area contributed by atoms with Crippen LogP contribution in [0.25, 0.3) is 10.9 Å². The van der Waals surface area contributed by atoms with E-state index in [1.165, 1.54) is 0 Å². The van der Waals surface area contributed by atoms with E-state index in [2.05, 4.69) is 15.5 Å². The number of amides is 2. The lowest BCUT2D eigenvalue weighted by Gasteiger charge is -2.25. The molecule has 1 aliphatic heterocycles. The number of rotatable bonds is 3. The zero-order valence-corrected chi connectivity index (χ0v) is 15.3. The van der Waals surface area contributed by atoms with Crippen molar-refractivity contribution in [3.63, 3.8) is 0 Å². The predicted molar refractivity (Wildman–Crippen MR) is 96.2 cm³/mol. The fourth-order valence-corrected chi connectivity index (χ4v) is 3.80. The second kappa shape index (κ2) is 6.00. The van der Waals surface area contributed by atoms with Crippen LogP contribution in [0, 0.1) is 17.8 Å². The van der Waals surface area contributed by atoms with Crippen LogP contribution in [0.15, 0.2) is 24.4 Å². The average Bonchev–Trinajstić information content (AvgIpc) is 2.93. The zero-order valence-electron chi connectivity index (χ0n) is 15.3.